The molecule has 9 nitrogen and oxygen atoms in total. The number of aromatic nitrogens is 6. The zero-order chi connectivity index (χ0) is 22.3. The summed E-state index contributed by atoms with van der Waals surface area (Å²) in [6.07, 6.45) is 7.32. The van der Waals surface area contributed by atoms with E-state index in [0.717, 1.165) is 42.6 Å². The van der Waals surface area contributed by atoms with Crippen LogP contribution in [0.2, 0.25) is 0 Å². The van der Waals surface area contributed by atoms with Crippen LogP contribution in [-0.4, -0.2) is 53.9 Å². The first-order valence-electron chi connectivity index (χ1n) is 11.4. The molecular weight excluding hydrogens is 404 g/mol. The smallest absolute Gasteiger partial charge is 0.220 e. The highest BCUT2D eigenvalue weighted by atomic mass is 16.1. The molecule has 1 saturated heterocycles. The molecule has 9 heteroatoms. The molecule has 3 aromatic rings. The van der Waals surface area contributed by atoms with Gasteiger partial charge in [0.25, 0.3) is 0 Å². The zero-order valence-corrected chi connectivity index (χ0v) is 18.9. The second-order valence-corrected chi connectivity index (χ2v) is 8.72. The number of amides is 1. The van der Waals surface area contributed by atoms with Gasteiger partial charge in [0.05, 0.1) is 24.5 Å². The predicted octanol–water partition coefficient (Wildman–Crippen LogP) is 2.75. The van der Waals surface area contributed by atoms with Crippen LogP contribution >= 0.6 is 0 Å². The number of tetrazole rings is 1. The monoisotopic (exact) mass is 436 g/mol. The summed E-state index contributed by atoms with van der Waals surface area (Å²) in [4.78, 5) is 14.9. The van der Waals surface area contributed by atoms with Crippen molar-refractivity contribution in [3.05, 3.63) is 54.1 Å². The lowest BCUT2D eigenvalue weighted by Gasteiger charge is -2.29. The fraction of sp³-hybridized carbons (Fsp3) is 0.522. The lowest BCUT2D eigenvalue weighted by molar-refractivity contribution is -0.121. The number of hydrogen-bond acceptors (Lipinski definition) is 6. The van der Waals surface area contributed by atoms with Crippen molar-refractivity contribution in [3.8, 4) is 5.69 Å². The molecule has 3 heterocycles. The maximum absolute atomic E-state index is 12.5. The van der Waals surface area contributed by atoms with Crippen molar-refractivity contribution in [2.75, 3.05) is 13.1 Å². The fourth-order valence-electron chi connectivity index (χ4n) is 4.00. The van der Waals surface area contributed by atoms with Crippen LogP contribution in [0.25, 0.3) is 5.69 Å². The molecule has 1 fully saturated rings. The fourth-order valence-corrected chi connectivity index (χ4v) is 4.00. The average Bonchev–Trinajstić information content (AvgIpc) is 3.46. The van der Waals surface area contributed by atoms with Crippen molar-refractivity contribution < 1.29 is 4.79 Å². The van der Waals surface area contributed by atoms with E-state index in [1.807, 2.05) is 52.8 Å². The van der Waals surface area contributed by atoms with Crippen molar-refractivity contribution >= 4 is 5.91 Å². The molecule has 0 saturated carbocycles. The van der Waals surface area contributed by atoms with Crippen molar-refractivity contribution in [3.63, 3.8) is 0 Å². The van der Waals surface area contributed by atoms with Crippen molar-refractivity contribution in [2.45, 2.75) is 58.7 Å². The van der Waals surface area contributed by atoms with Gasteiger partial charge in [-0.15, -0.1) is 5.10 Å². The van der Waals surface area contributed by atoms with Crippen LogP contribution in [0.15, 0.2) is 42.7 Å². The first-order chi connectivity index (χ1) is 15.6. The van der Waals surface area contributed by atoms with E-state index in [2.05, 4.69) is 37.8 Å². The molecule has 0 spiro atoms. The quantitative estimate of drug-likeness (QED) is 0.554. The number of carbonyl (C=O) groups is 1. The molecular formula is C23H32N8O. The molecule has 0 aliphatic carbocycles. The second-order valence-electron chi connectivity index (χ2n) is 8.72. The van der Waals surface area contributed by atoms with Crippen molar-refractivity contribution in [2.24, 2.45) is 5.92 Å². The Bertz CT molecular complexity index is 990. The van der Waals surface area contributed by atoms with Gasteiger partial charge in [0.2, 0.25) is 5.91 Å². The summed E-state index contributed by atoms with van der Waals surface area (Å²) >= 11 is 0. The van der Waals surface area contributed by atoms with Crippen LogP contribution in [0.4, 0.5) is 0 Å². The SMILES string of the molecule is CC1CCN(Cc2nnnn2CCCC(=O)N[C@H](C)c2cnn(-c3ccccc3)c2)CC1. The lowest BCUT2D eigenvalue weighted by atomic mass is 9.99. The summed E-state index contributed by atoms with van der Waals surface area (Å²) in [5, 5.41) is 19.6. The number of carbonyl (C=O) groups excluding carboxylic acids is 1. The number of hydrogen-bond donors (Lipinski definition) is 1. The number of piperidine rings is 1. The van der Waals surface area contributed by atoms with Crippen LogP contribution in [0.3, 0.4) is 0 Å². The Labute approximate surface area is 188 Å². The van der Waals surface area contributed by atoms with Gasteiger partial charge in [-0.25, -0.2) is 9.36 Å². The van der Waals surface area contributed by atoms with Gasteiger partial charge in [-0.05, 0) is 67.8 Å². The van der Waals surface area contributed by atoms with Crippen molar-refractivity contribution in [1.82, 2.24) is 40.2 Å². The van der Waals surface area contributed by atoms with Gasteiger partial charge in [0.15, 0.2) is 5.82 Å². The Balaban J connectivity index is 1.22. The Morgan fingerprint density at radius 1 is 1.22 bits per heavy atom. The number of rotatable bonds is 9. The van der Waals surface area contributed by atoms with E-state index in [9.17, 15) is 4.79 Å². The van der Waals surface area contributed by atoms with Gasteiger partial charge in [0, 0.05) is 24.7 Å². The van der Waals surface area contributed by atoms with E-state index in [-0.39, 0.29) is 11.9 Å². The minimum atomic E-state index is -0.106. The normalized spacial score (nSPS) is 16.2. The van der Waals surface area contributed by atoms with E-state index in [1.165, 1.54) is 12.8 Å². The Kier molecular flexibility index (Phi) is 7.26. The summed E-state index contributed by atoms with van der Waals surface area (Å²) < 4.78 is 3.65. The molecule has 2 aromatic heterocycles. The van der Waals surface area contributed by atoms with Gasteiger partial charge in [-0.3, -0.25) is 9.69 Å². The number of nitrogens with zero attached hydrogens (tertiary/aromatic N) is 7. The van der Waals surface area contributed by atoms with Gasteiger partial charge in [-0.2, -0.15) is 5.10 Å². The van der Waals surface area contributed by atoms with E-state index >= 15 is 0 Å². The molecule has 1 N–H and O–H groups in total. The number of para-hydroxylation sites is 1. The number of nitrogens with one attached hydrogen (secondary N) is 1. The maximum atomic E-state index is 12.5. The van der Waals surface area contributed by atoms with E-state index < -0.39 is 0 Å². The molecule has 0 radical (unpaired) electrons. The van der Waals surface area contributed by atoms with Gasteiger partial charge in [-0.1, -0.05) is 25.1 Å². The summed E-state index contributed by atoms with van der Waals surface area (Å²) in [5.41, 5.74) is 1.97. The standard InChI is InChI=1S/C23H32N8O/c1-18-10-13-29(14-11-18)17-22-26-27-28-30(22)12-6-9-23(32)25-19(2)20-15-24-31(16-20)21-7-4-3-5-8-21/h3-5,7-8,15-16,18-19H,6,9-14,17H2,1-2H3,(H,25,32)/t19-/m1/s1. The third-order valence-electron chi connectivity index (χ3n) is 6.12. The average molecular weight is 437 g/mol. The predicted molar refractivity (Wildman–Crippen MR) is 121 cm³/mol. The van der Waals surface area contributed by atoms with E-state index in [0.29, 0.717) is 19.4 Å². The Morgan fingerprint density at radius 3 is 2.78 bits per heavy atom. The zero-order valence-electron chi connectivity index (χ0n) is 18.9. The third-order valence-corrected chi connectivity index (χ3v) is 6.12. The highest BCUT2D eigenvalue weighted by Gasteiger charge is 2.18. The third kappa shape index (κ3) is 5.79. The number of benzene rings is 1. The molecule has 1 atom stereocenters. The van der Waals surface area contributed by atoms with E-state index in [1.54, 1.807) is 6.20 Å². The van der Waals surface area contributed by atoms with Crippen LogP contribution < -0.4 is 5.32 Å². The van der Waals surface area contributed by atoms with Crippen LogP contribution in [0.1, 0.15) is 57.0 Å². The van der Waals surface area contributed by atoms with Gasteiger partial charge < -0.3 is 5.32 Å². The molecule has 4 rings (SSSR count). The maximum Gasteiger partial charge on any atom is 0.220 e. The summed E-state index contributed by atoms with van der Waals surface area (Å²) in [6.45, 7) is 7.88. The minimum absolute atomic E-state index is 0.0182. The van der Waals surface area contributed by atoms with E-state index in [4.69, 9.17) is 0 Å². The number of aryl methyl sites for hydroxylation is 1. The molecule has 32 heavy (non-hydrogen) atoms. The molecule has 0 unspecified atom stereocenters. The first-order valence-corrected chi connectivity index (χ1v) is 11.4. The molecule has 0 bridgehead atoms. The van der Waals surface area contributed by atoms with Crippen LogP contribution in [-0.2, 0) is 17.9 Å². The molecule has 1 aromatic carbocycles. The highest BCUT2D eigenvalue weighted by molar-refractivity contribution is 5.76. The summed E-state index contributed by atoms with van der Waals surface area (Å²) in [5.74, 6) is 1.70. The molecule has 170 valence electrons. The second kappa shape index (κ2) is 10.5. The summed E-state index contributed by atoms with van der Waals surface area (Å²) in [6, 6.07) is 9.82. The van der Waals surface area contributed by atoms with Gasteiger partial charge >= 0.3 is 0 Å². The minimum Gasteiger partial charge on any atom is -0.349 e. The van der Waals surface area contributed by atoms with Crippen LogP contribution in [0.5, 0.6) is 0 Å². The summed E-state index contributed by atoms with van der Waals surface area (Å²) in [7, 11) is 0. The van der Waals surface area contributed by atoms with Gasteiger partial charge in [0.1, 0.15) is 0 Å². The first kappa shape index (κ1) is 22.1. The number of likely N-dealkylation sites (tertiary alicyclic amines) is 1. The van der Waals surface area contributed by atoms with Crippen molar-refractivity contribution in [1.29, 1.82) is 0 Å². The van der Waals surface area contributed by atoms with Crippen LogP contribution in [0, 0.1) is 5.92 Å². The molecule has 1 amide bonds. The Hall–Kier alpha value is -3.07. The molecule has 1 aliphatic heterocycles. The topological polar surface area (TPSA) is 93.8 Å². The largest absolute Gasteiger partial charge is 0.349 e. The lowest BCUT2D eigenvalue weighted by Crippen LogP contribution is -2.33. The Morgan fingerprint density at radius 2 is 2.00 bits per heavy atom. The highest BCUT2D eigenvalue weighted by Crippen LogP contribution is 2.18. The molecule has 1 aliphatic rings.